The molecular formula is C12H9ClF3N3O3. The van der Waals surface area contributed by atoms with E-state index in [9.17, 15) is 27.6 Å². The Morgan fingerprint density at radius 1 is 1.36 bits per heavy atom. The summed E-state index contributed by atoms with van der Waals surface area (Å²) in [4.78, 5) is 35.4. The highest BCUT2D eigenvalue weighted by Crippen LogP contribution is 2.33. The van der Waals surface area contributed by atoms with E-state index in [0.29, 0.717) is 0 Å². The van der Waals surface area contributed by atoms with Gasteiger partial charge in [0.1, 0.15) is 0 Å². The van der Waals surface area contributed by atoms with Gasteiger partial charge in [0.25, 0.3) is 17.5 Å². The van der Waals surface area contributed by atoms with E-state index in [1.165, 1.54) is 23.5 Å². The van der Waals surface area contributed by atoms with E-state index in [0.717, 1.165) is 13.1 Å². The van der Waals surface area contributed by atoms with Crippen molar-refractivity contribution in [1.29, 1.82) is 0 Å². The summed E-state index contributed by atoms with van der Waals surface area (Å²) >= 11 is 5.66. The van der Waals surface area contributed by atoms with Gasteiger partial charge in [0.15, 0.2) is 0 Å². The lowest BCUT2D eigenvalue weighted by atomic mass is 10.1. The van der Waals surface area contributed by atoms with Gasteiger partial charge in [-0.1, -0.05) is 17.7 Å². The minimum absolute atomic E-state index is 0.132. The molecule has 118 valence electrons. The molecule has 0 saturated carbocycles. The van der Waals surface area contributed by atoms with Crippen molar-refractivity contribution in [3.05, 3.63) is 34.9 Å². The second kappa shape index (κ2) is 5.16. The van der Waals surface area contributed by atoms with Gasteiger partial charge in [-0.15, -0.1) is 0 Å². The number of benzene rings is 1. The number of hydrogen-bond donors (Lipinski definition) is 2. The van der Waals surface area contributed by atoms with E-state index in [-0.39, 0.29) is 15.5 Å². The van der Waals surface area contributed by atoms with Gasteiger partial charge in [0.05, 0.1) is 0 Å². The maximum atomic E-state index is 13.3. The Bertz CT molecular complexity index is 665. The molecule has 0 unspecified atom stereocenters. The molecule has 1 aromatic rings. The molecule has 2 rings (SSSR count). The summed E-state index contributed by atoms with van der Waals surface area (Å²) in [6.45, 7) is 0. The molecule has 2 N–H and O–H groups in total. The van der Waals surface area contributed by atoms with Crippen LogP contribution < -0.4 is 10.6 Å². The Morgan fingerprint density at radius 2 is 2.00 bits per heavy atom. The molecule has 0 aliphatic carbocycles. The van der Waals surface area contributed by atoms with Crippen LogP contribution in [0.2, 0.25) is 5.02 Å². The highest BCUT2D eigenvalue weighted by atomic mass is 35.5. The van der Waals surface area contributed by atoms with Crippen molar-refractivity contribution >= 4 is 29.4 Å². The van der Waals surface area contributed by atoms with Crippen molar-refractivity contribution in [3.8, 4) is 0 Å². The maximum absolute atomic E-state index is 13.3. The zero-order valence-corrected chi connectivity index (χ0v) is 11.7. The van der Waals surface area contributed by atoms with Crippen molar-refractivity contribution < 1.29 is 27.6 Å². The number of halogens is 4. The zero-order valence-electron chi connectivity index (χ0n) is 11.0. The minimum Gasteiger partial charge on any atom is -0.314 e. The van der Waals surface area contributed by atoms with Crippen LogP contribution in [0.25, 0.3) is 0 Å². The first kappa shape index (κ1) is 16.1. The van der Waals surface area contributed by atoms with Gasteiger partial charge in [-0.05, 0) is 18.2 Å². The smallest absolute Gasteiger partial charge is 0.314 e. The van der Waals surface area contributed by atoms with Crippen LogP contribution in [0, 0.1) is 0 Å². The van der Waals surface area contributed by atoms with Gasteiger partial charge in [0.2, 0.25) is 0 Å². The lowest BCUT2D eigenvalue weighted by molar-refractivity contribution is -0.199. The predicted molar refractivity (Wildman–Crippen MR) is 69.0 cm³/mol. The van der Waals surface area contributed by atoms with Crippen LogP contribution in [0.1, 0.15) is 10.4 Å². The number of imide groups is 1. The van der Waals surface area contributed by atoms with Gasteiger partial charge in [-0.25, -0.2) is 4.79 Å². The van der Waals surface area contributed by atoms with Crippen LogP contribution in [0.4, 0.5) is 18.0 Å². The summed E-state index contributed by atoms with van der Waals surface area (Å²) in [6.07, 6.45) is -5.22. The van der Waals surface area contributed by atoms with Crippen LogP contribution in [-0.4, -0.2) is 41.6 Å². The van der Waals surface area contributed by atoms with E-state index >= 15 is 0 Å². The summed E-state index contributed by atoms with van der Waals surface area (Å²) in [7, 11) is 0.872. The fourth-order valence-electron chi connectivity index (χ4n) is 1.86. The molecule has 1 aliphatic rings. The molecule has 0 spiro atoms. The van der Waals surface area contributed by atoms with Gasteiger partial charge in [0, 0.05) is 17.6 Å². The summed E-state index contributed by atoms with van der Waals surface area (Å²) < 4.78 is 39.8. The topological polar surface area (TPSA) is 78.5 Å². The fourth-order valence-corrected chi connectivity index (χ4v) is 2.05. The van der Waals surface area contributed by atoms with Crippen LogP contribution in [0.3, 0.4) is 0 Å². The third kappa shape index (κ3) is 2.47. The number of hydrogen-bond acceptors (Lipinski definition) is 3. The van der Waals surface area contributed by atoms with Crippen molar-refractivity contribution in [1.82, 2.24) is 15.5 Å². The number of nitrogens with one attached hydrogen (secondary N) is 2. The Hall–Kier alpha value is -2.29. The fraction of sp³-hybridized carbons (Fsp3) is 0.250. The number of rotatable bonds is 2. The summed E-state index contributed by atoms with van der Waals surface area (Å²) in [5.74, 6) is -2.83. The van der Waals surface area contributed by atoms with E-state index in [4.69, 9.17) is 11.6 Å². The largest absolute Gasteiger partial charge is 0.440 e. The normalized spacial score (nSPS) is 21.8. The number of amides is 4. The van der Waals surface area contributed by atoms with Gasteiger partial charge >= 0.3 is 12.2 Å². The highest BCUT2D eigenvalue weighted by Gasteiger charge is 2.68. The molecule has 4 amide bonds. The van der Waals surface area contributed by atoms with Crippen LogP contribution in [-0.2, 0) is 4.79 Å². The van der Waals surface area contributed by atoms with E-state index < -0.39 is 29.7 Å². The van der Waals surface area contributed by atoms with Crippen LogP contribution >= 0.6 is 11.6 Å². The zero-order chi connectivity index (χ0) is 16.7. The molecule has 1 saturated heterocycles. The second-order valence-corrected chi connectivity index (χ2v) is 4.94. The first-order valence-corrected chi connectivity index (χ1v) is 6.21. The number of carbonyl (C=O) groups excluding carboxylic acids is 3. The van der Waals surface area contributed by atoms with Crippen LogP contribution in [0.15, 0.2) is 24.3 Å². The summed E-state index contributed by atoms with van der Waals surface area (Å²) in [6, 6.07) is 3.86. The second-order valence-electron chi connectivity index (χ2n) is 4.51. The Labute approximate surface area is 127 Å². The molecular weight excluding hydrogens is 327 g/mol. The van der Waals surface area contributed by atoms with E-state index in [1.807, 2.05) is 0 Å². The van der Waals surface area contributed by atoms with Crippen molar-refractivity contribution in [3.63, 3.8) is 0 Å². The lowest BCUT2D eigenvalue weighted by Crippen LogP contribution is -2.69. The third-order valence-corrected chi connectivity index (χ3v) is 3.27. The van der Waals surface area contributed by atoms with Crippen molar-refractivity contribution in [2.24, 2.45) is 0 Å². The molecule has 6 nitrogen and oxygen atoms in total. The summed E-state index contributed by atoms with van der Waals surface area (Å²) in [5.41, 5.74) is -3.69. The molecule has 0 radical (unpaired) electrons. The van der Waals surface area contributed by atoms with E-state index in [1.54, 1.807) is 5.32 Å². The Morgan fingerprint density at radius 3 is 2.45 bits per heavy atom. The molecule has 0 bridgehead atoms. The molecule has 1 aromatic carbocycles. The van der Waals surface area contributed by atoms with Crippen LogP contribution in [0.5, 0.6) is 0 Å². The summed E-state index contributed by atoms with van der Waals surface area (Å²) in [5, 5.41) is 3.14. The monoisotopic (exact) mass is 335 g/mol. The quantitative estimate of drug-likeness (QED) is 0.804. The Kier molecular flexibility index (Phi) is 3.78. The van der Waals surface area contributed by atoms with Gasteiger partial charge in [-0.3, -0.25) is 19.8 Å². The average Bonchev–Trinajstić information content (AvgIpc) is 2.63. The van der Waals surface area contributed by atoms with Crippen molar-refractivity contribution in [2.45, 2.75) is 11.8 Å². The third-order valence-electron chi connectivity index (χ3n) is 3.04. The minimum atomic E-state index is -5.22. The Balaban J connectivity index is 2.39. The molecule has 1 fully saturated rings. The number of urea groups is 1. The maximum Gasteiger partial charge on any atom is 0.440 e. The average molecular weight is 336 g/mol. The molecule has 1 aliphatic heterocycles. The lowest BCUT2D eigenvalue weighted by Gasteiger charge is -2.29. The first-order valence-electron chi connectivity index (χ1n) is 5.83. The SMILES string of the molecule is CN1C(=O)N[C@@](NC(=O)c2cccc(Cl)c2)(C(F)(F)F)C1=O. The highest BCUT2D eigenvalue weighted by molar-refractivity contribution is 6.31. The first-order chi connectivity index (χ1) is 10.1. The van der Waals surface area contributed by atoms with Gasteiger partial charge < -0.3 is 5.32 Å². The molecule has 0 aromatic heterocycles. The van der Waals surface area contributed by atoms with Crippen molar-refractivity contribution in [2.75, 3.05) is 7.05 Å². The van der Waals surface area contributed by atoms with Gasteiger partial charge in [-0.2, -0.15) is 13.2 Å². The molecule has 22 heavy (non-hydrogen) atoms. The number of alkyl halides is 3. The molecule has 1 atom stereocenters. The van der Waals surface area contributed by atoms with E-state index in [2.05, 4.69) is 0 Å². The molecule has 1 heterocycles. The predicted octanol–water partition coefficient (Wildman–Crippen LogP) is 1.51. The number of carbonyl (C=O) groups is 3. The number of nitrogens with zero attached hydrogens (tertiary/aromatic N) is 1. The number of likely N-dealkylation sites (N-methyl/N-ethyl adjacent to an activating group) is 1. The molecule has 10 heteroatoms. The standard InChI is InChI=1S/C12H9ClF3N3O3/c1-19-9(21)11(12(14,15)16,18-10(19)22)17-8(20)6-3-2-4-7(13)5-6/h2-5H,1H3,(H,17,20)(H,18,22)/t11-/m1/s1.